The van der Waals surface area contributed by atoms with Crippen LogP contribution in [-0.4, -0.2) is 35.3 Å². The number of rotatable bonds is 5. The Labute approximate surface area is 144 Å². The highest BCUT2D eigenvalue weighted by Gasteiger charge is 2.27. The van der Waals surface area contributed by atoms with Gasteiger partial charge in [0, 0.05) is 43.8 Å². The predicted molar refractivity (Wildman–Crippen MR) is 91.1 cm³/mol. The summed E-state index contributed by atoms with van der Waals surface area (Å²) in [4.78, 5) is 17.0. The van der Waals surface area contributed by atoms with Crippen molar-refractivity contribution in [2.75, 3.05) is 18.9 Å². The van der Waals surface area contributed by atoms with Gasteiger partial charge in [0.05, 0.1) is 11.9 Å². The zero-order valence-electron chi connectivity index (χ0n) is 13.4. The Kier molecular flexibility index (Phi) is 5.01. The molecule has 1 unspecified atom stereocenters. The van der Waals surface area contributed by atoms with E-state index >= 15 is 0 Å². The molecule has 0 fully saturated rings. The number of anilines is 1. The van der Waals surface area contributed by atoms with Crippen molar-refractivity contribution in [1.29, 1.82) is 5.26 Å². The van der Waals surface area contributed by atoms with Crippen LogP contribution < -0.4 is 10.6 Å². The first-order valence-corrected chi connectivity index (χ1v) is 8.65. The van der Waals surface area contributed by atoms with Crippen molar-refractivity contribution in [2.24, 2.45) is 0 Å². The largest absolute Gasteiger partial charge is 0.446 e. The molecule has 1 amide bonds. The van der Waals surface area contributed by atoms with Gasteiger partial charge in [-0.15, -0.1) is 11.3 Å². The Morgan fingerprint density at radius 3 is 3.21 bits per heavy atom. The molecule has 2 aromatic rings. The van der Waals surface area contributed by atoms with Gasteiger partial charge >= 0.3 is 6.09 Å². The molecule has 1 atom stereocenters. The van der Waals surface area contributed by atoms with Gasteiger partial charge < -0.3 is 19.9 Å². The molecule has 126 valence electrons. The van der Waals surface area contributed by atoms with Crippen LogP contribution in [0.1, 0.15) is 22.4 Å². The van der Waals surface area contributed by atoms with Gasteiger partial charge in [0.15, 0.2) is 0 Å². The summed E-state index contributed by atoms with van der Waals surface area (Å²) in [5.41, 5.74) is 1.84. The van der Waals surface area contributed by atoms with Crippen LogP contribution in [0.25, 0.3) is 0 Å². The van der Waals surface area contributed by atoms with Gasteiger partial charge in [-0.3, -0.25) is 0 Å². The third-order valence-corrected chi connectivity index (χ3v) is 5.30. The second-order valence-electron chi connectivity index (χ2n) is 5.57. The van der Waals surface area contributed by atoms with Gasteiger partial charge in [-0.25, -0.2) is 9.78 Å². The number of nitrogens with zero attached hydrogens (tertiary/aromatic N) is 3. The summed E-state index contributed by atoms with van der Waals surface area (Å²) in [5.74, 6) is 0. The molecule has 2 aromatic heterocycles. The number of carbonyl (C=O) groups excluding carboxylic acids is 1. The number of hydrogen-bond donors (Lipinski definition) is 2. The van der Waals surface area contributed by atoms with Crippen LogP contribution in [0.15, 0.2) is 18.7 Å². The third kappa shape index (κ3) is 3.51. The smallest absolute Gasteiger partial charge is 0.407 e. The molecule has 0 saturated carbocycles. The van der Waals surface area contributed by atoms with Crippen molar-refractivity contribution in [3.63, 3.8) is 0 Å². The van der Waals surface area contributed by atoms with Gasteiger partial charge in [0.2, 0.25) is 0 Å². The van der Waals surface area contributed by atoms with Gasteiger partial charge in [0.1, 0.15) is 17.2 Å². The number of fused-ring (bicyclic) bond motifs is 1. The lowest BCUT2D eigenvalue weighted by Crippen LogP contribution is -2.33. The maximum Gasteiger partial charge on any atom is 0.407 e. The third-order valence-electron chi connectivity index (χ3n) is 4.03. The summed E-state index contributed by atoms with van der Waals surface area (Å²) >= 11 is 1.58. The Balaban J connectivity index is 1.51. The van der Waals surface area contributed by atoms with E-state index in [9.17, 15) is 10.1 Å². The summed E-state index contributed by atoms with van der Waals surface area (Å²) in [7, 11) is 1.82. The zero-order chi connectivity index (χ0) is 16.9. The topological polar surface area (TPSA) is 92.0 Å². The number of nitrogens with one attached hydrogen (secondary N) is 2. The van der Waals surface area contributed by atoms with E-state index in [1.165, 1.54) is 0 Å². The molecule has 0 aromatic carbocycles. The molecule has 0 saturated heterocycles. The second kappa shape index (κ2) is 7.36. The van der Waals surface area contributed by atoms with E-state index in [1.807, 2.05) is 17.8 Å². The van der Waals surface area contributed by atoms with E-state index < -0.39 is 6.09 Å². The minimum absolute atomic E-state index is 0.138. The maximum atomic E-state index is 11.9. The van der Waals surface area contributed by atoms with Crippen LogP contribution in [0, 0.1) is 11.3 Å². The number of aromatic nitrogens is 2. The summed E-state index contributed by atoms with van der Waals surface area (Å²) in [6.07, 6.45) is 6.91. The lowest BCUT2D eigenvalue weighted by molar-refractivity contribution is 0.0900. The maximum absolute atomic E-state index is 11.9. The molecule has 0 spiro atoms. The van der Waals surface area contributed by atoms with Crippen LogP contribution in [0.4, 0.5) is 9.80 Å². The Morgan fingerprint density at radius 1 is 1.62 bits per heavy atom. The molecule has 0 radical (unpaired) electrons. The normalized spacial score (nSPS) is 16.1. The average Bonchev–Trinajstić information content (AvgIpc) is 3.21. The lowest BCUT2D eigenvalue weighted by Gasteiger charge is -2.22. The van der Waals surface area contributed by atoms with Crippen molar-refractivity contribution < 1.29 is 9.53 Å². The molecule has 24 heavy (non-hydrogen) atoms. The molecule has 2 N–H and O–H groups in total. The number of nitriles is 1. The number of thiophene rings is 1. The molecule has 3 rings (SSSR count). The number of hydrogen-bond acceptors (Lipinski definition) is 6. The lowest BCUT2D eigenvalue weighted by atomic mass is 9.94. The first kappa shape index (κ1) is 16.3. The van der Waals surface area contributed by atoms with Crippen molar-refractivity contribution in [1.82, 2.24) is 14.9 Å². The monoisotopic (exact) mass is 345 g/mol. The van der Waals surface area contributed by atoms with Gasteiger partial charge in [-0.2, -0.15) is 5.26 Å². The van der Waals surface area contributed by atoms with Crippen LogP contribution >= 0.6 is 11.3 Å². The highest BCUT2D eigenvalue weighted by molar-refractivity contribution is 7.16. The highest BCUT2D eigenvalue weighted by Crippen LogP contribution is 2.37. The van der Waals surface area contributed by atoms with Gasteiger partial charge in [0.25, 0.3) is 0 Å². The van der Waals surface area contributed by atoms with Crippen molar-refractivity contribution in [2.45, 2.75) is 31.9 Å². The summed E-state index contributed by atoms with van der Waals surface area (Å²) in [6, 6.07) is 2.27. The standard InChI is InChI=1S/C16H19N5O2S/c1-18-15-13(9-17)12-3-2-11(8-14(12)24-15)23-16(22)20-5-7-21-6-4-19-10-21/h4,6,10-11,18H,2-3,5,7-8H2,1H3,(H,20,22). The SMILES string of the molecule is CNc1sc2c(c1C#N)CCC(OC(=O)NCCn1ccnc1)C2. The molecule has 7 nitrogen and oxygen atoms in total. The molecule has 2 heterocycles. The van der Waals surface area contributed by atoms with Crippen LogP contribution in [0.3, 0.4) is 0 Å². The van der Waals surface area contributed by atoms with Crippen molar-refractivity contribution in [3.05, 3.63) is 34.7 Å². The molecule has 8 heteroatoms. The second-order valence-corrected chi connectivity index (χ2v) is 6.67. The first-order valence-electron chi connectivity index (χ1n) is 7.84. The number of amides is 1. The molecular formula is C16H19N5O2S. The minimum Gasteiger partial charge on any atom is -0.446 e. The minimum atomic E-state index is -0.394. The van der Waals surface area contributed by atoms with E-state index in [-0.39, 0.29) is 6.10 Å². The fourth-order valence-electron chi connectivity index (χ4n) is 2.85. The predicted octanol–water partition coefficient (Wildman–Crippen LogP) is 2.14. The fraction of sp³-hybridized carbons (Fsp3) is 0.438. The summed E-state index contributed by atoms with van der Waals surface area (Å²) < 4.78 is 7.40. The van der Waals surface area contributed by atoms with E-state index in [0.29, 0.717) is 19.5 Å². The highest BCUT2D eigenvalue weighted by atomic mass is 32.1. The van der Waals surface area contributed by atoms with E-state index in [4.69, 9.17) is 4.74 Å². The molecule has 1 aliphatic rings. The van der Waals surface area contributed by atoms with E-state index in [2.05, 4.69) is 21.7 Å². The summed E-state index contributed by atoms with van der Waals surface area (Å²) in [6.45, 7) is 1.15. The van der Waals surface area contributed by atoms with Gasteiger partial charge in [-0.1, -0.05) is 0 Å². The molecular weight excluding hydrogens is 326 g/mol. The average molecular weight is 345 g/mol. The number of imidazole rings is 1. The van der Waals surface area contributed by atoms with Crippen molar-refractivity contribution in [3.8, 4) is 6.07 Å². The Morgan fingerprint density at radius 2 is 2.50 bits per heavy atom. The summed E-state index contributed by atoms with van der Waals surface area (Å²) in [5, 5.41) is 16.0. The number of alkyl carbamates (subject to hydrolysis) is 1. The zero-order valence-corrected chi connectivity index (χ0v) is 14.2. The molecule has 0 bridgehead atoms. The van der Waals surface area contributed by atoms with Crippen LogP contribution in [0.5, 0.6) is 0 Å². The van der Waals surface area contributed by atoms with Crippen molar-refractivity contribution >= 4 is 22.4 Å². The Bertz CT molecular complexity index is 747. The molecule has 1 aliphatic carbocycles. The number of ether oxygens (including phenoxy) is 1. The Hall–Kier alpha value is -2.53. The number of carbonyl (C=O) groups is 1. The quantitative estimate of drug-likeness (QED) is 0.866. The first-order chi connectivity index (χ1) is 11.7. The van der Waals surface area contributed by atoms with Gasteiger partial charge in [-0.05, 0) is 18.4 Å². The van der Waals surface area contributed by atoms with Crippen LogP contribution in [0.2, 0.25) is 0 Å². The molecule has 0 aliphatic heterocycles. The van der Waals surface area contributed by atoms with E-state index in [1.54, 1.807) is 23.9 Å². The fourth-order valence-corrected chi connectivity index (χ4v) is 4.07. The van der Waals surface area contributed by atoms with E-state index in [0.717, 1.165) is 33.8 Å². The van der Waals surface area contributed by atoms with Crippen LogP contribution in [-0.2, 0) is 24.1 Å².